The lowest BCUT2D eigenvalue weighted by Crippen LogP contribution is -2.43. The molecule has 0 bridgehead atoms. The maximum atomic E-state index is 12.8. The number of nitrogens with one attached hydrogen (secondary N) is 1. The Morgan fingerprint density at radius 3 is 3.08 bits per heavy atom. The van der Waals surface area contributed by atoms with Crippen molar-refractivity contribution < 1.29 is 4.79 Å². The summed E-state index contributed by atoms with van der Waals surface area (Å²) in [7, 11) is 0. The van der Waals surface area contributed by atoms with Gasteiger partial charge in [0.15, 0.2) is 0 Å². The number of nitrogens with zero attached hydrogens (tertiary/aromatic N) is 4. The number of hydrogen-bond donors (Lipinski definition) is 1. The number of nitriles is 1. The molecule has 2 aromatic rings. The van der Waals surface area contributed by atoms with E-state index in [1.54, 1.807) is 30.5 Å². The molecule has 1 fully saturated rings. The summed E-state index contributed by atoms with van der Waals surface area (Å²) in [5.74, 6) is 0.314. The maximum absolute atomic E-state index is 12.8. The summed E-state index contributed by atoms with van der Waals surface area (Å²) in [4.78, 5) is 23.3. The van der Waals surface area contributed by atoms with Crippen LogP contribution in [0.1, 0.15) is 48.7 Å². The second-order valence-electron chi connectivity index (χ2n) is 6.14. The molecule has 1 saturated heterocycles. The summed E-state index contributed by atoms with van der Waals surface area (Å²) in [6, 6.07) is 11.1. The fraction of sp³-hybridized carbons (Fsp3) is 0.368. The van der Waals surface area contributed by atoms with Crippen molar-refractivity contribution in [1.82, 2.24) is 14.9 Å². The van der Waals surface area contributed by atoms with Gasteiger partial charge in [0.05, 0.1) is 11.6 Å². The van der Waals surface area contributed by atoms with E-state index in [9.17, 15) is 4.79 Å². The zero-order valence-corrected chi connectivity index (χ0v) is 14.3. The van der Waals surface area contributed by atoms with Crippen molar-refractivity contribution in [3.8, 4) is 6.07 Å². The number of benzene rings is 1. The number of rotatable bonds is 4. The van der Waals surface area contributed by atoms with Gasteiger partial charge in [-0.3, -0.25) is 4.79 Å². The standard InChI is InChI=1S/C19H21N5O/c1-2-16-8-3-4-11-24(16)18(25)17-9-10-21-19(23-17)22-15-7-5-6-14(12-15)13-20/h5-7,9-10,12,16H,2-4,8,11H2,1H3,(H,21,22,23). The number of amides is 1. The highest BCUT2D eigenvalue weighted by atomic mass is 16.2. The highest BCUT2D eigenvalue weighted by molar-refractivity contribution is 5.92. The molecule has 1 aromatic heterocycles. The first-order valence-corrected chi connectivity index (χ1v) is 8.62. The fourth-order valence-electron chi connectivity index (χ4n) is 3.17. The summed E-state index contributed by atoms with van der Waals surface area (Å²) in [6.45, 7) is 2.90. The highest BCUT2D eigenvalue weighted by Crippen LogP contribution is 2.22. The van der Waals surface area contributed by atoms with Crippen LogP contribution >= 0.6 is 0 Å². The van der Waals surface area contributed by atoms with Crippen LogP contribution in [0.5, 0.6) is 0 Å². The topological polar surface area (TPSA) is 81.9 Å². The molecule has 25 heavy (non-hydrogen) atoms. The monoisotopic (exact) mass is 335 g/mol. The van der Waals surface area contributed by atoms with Crippen LogP contribution in [0.4, 0.5) is 11.6 Å². The van der Waals surface area contributed by atoms with Crippen LogP contribution in [0.2, 0.25) is 0 Å². The lowest BCUT2D eigenvalue weighted by atomic mass is 9.99. The first kappa shape index (κ1) is 16.9. The SMILES string of the molecule is CCC1CCCCN1C(=O)c1ccnc(Nc2cccc(C#N)c2)n1. The molecule has 1 aliphatic rings. The van der Waals surface area contributed by atoms with Crippen LogP contribution in [-0.4, -0.2) is 33.4 Å². The maximum Gasteiger partial charge on any atom is 0.272 e. The van der Waals surface area contributed by atoms with E-state index >= 15 is 0 Å². The molecule has 1 amide bonds. The Morgan fingerprint density at radius 1 is 1.40 bits per heavy atom. The Hall–Kier alpha value is -2.94. The van der Waals surface area contributed by atoms with Crippen molar-refractivity contribution in [2.24, 2.45) is 0 Å². The molecule has 3 rings (SSSR count). The first-order valence-electron chi connectivity index (χ1n) is 8.62. The number of anilines is 2. The zero-order chi connectivity index (χ0) is 17.6. The minimum Gasteiger partial charge on any atom is -0.334 e. The molecule has 1 N–H and O–H groups in total. The molecular weight excluding hydrogens is 314 g/mol. The highest BCUT2D eigenvalue weighted by Gasteiger charge is 2.27. The smallest absolute Gasteiger partial charge is 0.272 e. The van der Waals surface area contributed by atoms with E-state index in [4.69, 9.17) is 5.26 Å². The molecule has 0 saturated carbocycles. The van der Waals surface area contributed by atoms with Crippen LogP contribution in [-0.2, 0) is 0 Å². The van der Waals surface area contributed by atoms with Gasteiger partial charge in [0, 0.05) is 24.5 Å². The van der Waals surface area contributed by atoms with Crippen molar-refractivity contribution in [3.05, 3.63) is 47.8 Å². The molecule has 1 atom stereocenters. The lowest BCUT2D eigenvalue weighted by Gasteiger charge is -2.35. The third-order valence-corrected chi connectivity index (χ3v) is 4.48. The van der Waals surface area contributed by atoms with Gasteiger partial charge in [0.2, 0.25) is 5.95 Å². The first-order chi connectivity index (χ1) is 12.2. The second-order valence-corrected chi connectivity index (χ2v) is 6.14. The Labute approximate surface area is 147 Å². The Kier molecular flexibility index (Phi) is 5.24. The Morgan fingerprint density at radius 2 is 2.28 bits per heavy atom. The lowest BCUT2D eigenvalue weighted by molar-refractivity contribution is 0.0602. The average Bonchev–Trinajstić information content (AvgIpc) is 2.67. The summed E-state index contributed by atoms with van der Waals surface area (Å²) < 4.78 is 0. The molecule has 1 aromatic carbocycles. The van der Waals surface area contributed by atoms with E-state index in [0.29, 0.717) is 28.9 Å². The predicted molar refractivity (Wildman–Crippen MR) is 95.4 cm³/mol. The van der Waals surface area contributed by atoms with Gasteiger partial charge in [-0.2, -0.15) is 5.26 Å². The van der Waals surface area contributed by atoms with Crippen LogP contribution in [0.3, 0.4) is 0 Å². The Balaban J connectivity index is 1.78. The van der Waals surface area contributed by atoms with Crippen molar-refractivity contribution in [2.45, 2.75) is 38.6 Å². The van der Waals surface area contributed by atoms with Crippen molar-refractivity contribution in [2.75, 3.05) is 11.9 Å². The fourth-order valence-corrected chi connectivity index (χ4v) is 3.17. The van der Waals surface area contributed by atoms with E-state index < -0.39 is 0 Å². The van der Waals surface area contributed by atoms with E-state index in [1.807, 2.05) is 11.0 Å². The van der Waals surface area contributed by atoms with Gasteiger partial charge in [-0.25, -0.2) is 9.97 Å². The van der Waals surface area contributed by atoms with E-state index in [0.717, 1.165) is 25.8 Å². The predicted octanol–water partition coefficient (Wildman–Crippen LogP) is 3.50. The molecule has 0 aliphatic carbocycles. The minimum atomic E-state index is -0.0391. The van der Waals surface area contributed by atoms with Gasteiger partial charge in [-0.15, -0.1) is 0 Å². The summed E-state index contributed by atoms with van der Waals surface area (Å²) in [6.07, 6.45) is 5.82. The number of piperidine rings is 1. The second kappa shape index (κ2) is 7.75. The van der Waals surface area contributed by atoms with Gasteiger partial charge < -0.3 is 10.2 Å². The normalized spacial score (nSPS) is 17.0. The zero-order valence-electron chi connectivity index (χ0n) is 14.3. The molecule has 6 nitrogen and oxygen atoms in total. The van der Waals surface area contributed by atoms with E-state index in [1.165, 1.54) is 6.42 Å². The molecule has 1 unspecified atom stereocenters. The van der Waals surface area contributed by atoms with E-state index in [2.05, 4.69) is 28.3 Å². The molecule has 6 heteroatoms. The number of hydrogen-bond acceptors (Lipinski definition) is 5. The third-order valence-electron chi connectivity index (χ3n) is 4.48. The van der Waals surface area contributed by atoms with Crippen LogP contribution < -0.4 is 5.32 Å². The van der Waals surface area contributed by atoms with Crippen LogP contribution in [0.25, 0.3) is 0 Å². The summed E-state index contributed by atoms with van der Waals surface area (Å²) in [5.41, 5.74) is 1.67. The summed E-state index contributed by atoms with van der Waals surface area (Å²) in [5, 5.41) is 12.0. The number of carbonyl (C=O) groups is 1. The van der Waals surface area contributed by atoms with Crippen molar-refractivity contribution in [1.29, 1.82) is 5.26 Å². The molecule has 2 heterocycles. The molecular formula is C19H21N5O. The van der Waals surface area contributed by atoms with Crippen molar-refractivity contribution in [3.63, 3.8) is 0 Å². The largest absolute Gasteiger partial charge is 0.334 e. The number of carbonyl (C=O) groups excluding carboxylic acids is 1. The van der Waals surface area contributed by atoms with Crippen molar-refractivity contribution >= 4 is 17.5 Å². The van der Waals surface area contributed by atoms with Gasteiger partial charge in [-0.1, -0.05) is 13.0 Å². The van der Waals surface area contributed by atoms with E-state index in [-0.39, 0.29) is 5.91 Å². The quantitative estimate of drug-likeness (QED) is 0.925. The van der Waals surface area contributed by atoms with Gasteiger partial charge in [0.1, 0.15) is 5.69 Å². The third kappa shape index (κ3) is 3.94. The average molecular weight is 335 g/mol. The van der Waals surface area contributed by atoms with Crippen LogP contribution in [0.15, 0.2) is 36.5 Å². The molecule has 0 spiro atoms. The van der Waals surface area contributed by atoms with Gasteiger partial charge in [0.25, 0.3) is 5.91 Å². The molecule has 1 aliphatic heterocycles. The number of aromatic nitrogens is 2. The Bertz CT molecular complexity index is 798. The summed E-state index contributed by atoms with van der Waals surface area (Å²) >= 11 is 0. The molecule has 0 radical (unpaired) electrons. The minimum absolute atomic E-state index is 0.0391. The number of likely N-dealkylation sites (tertiary alicyclic amines) is 1. The van der Waals surface area contributed by atoms with Crippen LogP contribution in [0, 0.1) is 11.3 Å². The van der Waals surface area contributed by atoms with Gasteiger partial charge >= 0.3 is 0 Å². The molecule has 128 valence electrons. The van der Waals surface area contributed by atoms with Gasteiger partial charge in [-0.05, 0) is 49.9 Å².